The molecule has 3 saturated carbocycles. The molecule has 5 rings (SSSR count). The highest BCUT2D eigenvalue weighted by Crippen LogP contribution is 2.72. The molecular formula is C24H38O4. The number of hydrogen-bond acceptors (Lipinski definition) is 4. The quantitative estimate of drug-likeness (QED) is 0.520. The predicted molar refractivity (Wildman–Crippen MR) is 107 cm³/mol. The summed E-state index contributed by atoms with van der Waals surface area (Å²) in [6.07, 6.45) is 6.36. The maximum absolute atomic E-state index is 13.7. The summed E-state index contributed by atoms with van der Waals surface area (Å²) in [5.74, 6) is 2.29. The van der Waals surface area contributed by atoms with Gasteiger partial charge in [-0.1, -0.05) is 34.6 Å². The summed E-state index contributed by atoms with van der Waals surface area (Å²) < 4.78 is 18.4. The monoisotopic (exact) mass is 390 g/mol. The molecule has 4 heteroatoms. The molecule has 0 aromatic rings. The van der Waals surface area contributed by atoms with E-state index in [1.807, 2.05) is 0 Å². The van der Waals surface area contributed by atoms with Crippen LogP contribution in [0.4, 0.5) is 0 Å². The molecular weight excluding hydrogens is 352 g/mol. The number of carbonyl (C=O) groups is 1. The SMILES string of the molecule is CC(C)COC(=O)[C@]12CC[C@@]3(C)CC4O[C@@]4(C)C4O[C@H]4[C@H]3[C@@H]1CC[C@@H]2C(C)C. The Morgan fingerprint density at radius 1 is 1.14 bits per heavy atom. The second-order valence-corrected chi connectivity index (χ2v) is 11.8. The number of fused-ring (bicyclic) bond motifs is 7. The fourth-order valence-electron chi connectivity index (χ4n) is 7.79. The average molecular weight is 391 g/mol. The molecule has 2 unspecified atom stereocenters. The summed E-state index contributed by atoms with van der Waals surface area (Å²) in [5, 5.41) is 0. The van der Waals surface area contributed by atoms with Crippen LogP contribution in [0.3, 0.4) is 0 Å². The van der Waals surface area contributed by atoms with E-state index in [4.69, 9.17) is 14.2 Å². The van der Waals surface area contributed by atoms with Crippen LogP contribution in [0, 0.1) is 40.4 Å². The molecule has 0 radical (unpaired) electrons. The number of hydrogen-bond donors (Lipinski definition) is 0. The maximum atomic E-state index is 13.7. The molecule has 0 N–H and O–H groups in total. The minimum atomic E-state index is -0.306. The Labute approximate surface area is 170 Å². The fraction of sp³-hybridized carbons (Fsp3) is 0.958. The second-order valence-electron chi connectivity index (χ2n) is 11.8. The third-order valence-corrected chi connectivity index (χ3v) is 9.27. The lowest BCUT2D eigenvalue weighted by Gasteiger charge is -2.53. The Bertz CT molecular complexity index is 674. The molecule has 0 aromatic carbocycles. The highest BCUT2D eigenvalue weighted by molar-refractivity contribution is 5.78. The van der Waals surface area contributed by atoms with Gasteiger partial charge in [0.15, 0.2) is 0 Å². The van der Waals surface area contributed by atoms with Gasteiger partial charge in [0.2, 0.25) is 0 Å². The second kappa shape index (κ2) is 5.97. The van der Waals surface area contributed by atoms with Gasteiger partial charge in [-0.25, -0.2) is 0 Å². The standard InChI is InChI=1S/C24H38O4/c1-13(2)12-26-21(25)24-10-9-22(5)11-17-23(6,28-17)20-19(27-20)18(22)16(24)8-7-15(24)14(3)4/h13-20H,7-12H2,1-6H3/t15-,16+,17?,18-,19+,20?,22+,23-,24+/m1/s1. The lowest BCUT2D eigenvalue weighted by molar-refractivity contribution is -0.176. The van der Waals surface area contributed by atoms with Crippen LogP contribution in [0.1, 0.15) is 73.6 Å². The first-order chi connectivity index (χ1) is 13.1. The summed E-state index contributed by atoms with van der Waals surface area (Å²) in [5.41, 5.74) is -0.154. The van der Waals surface area contributed by atoms with Crippen LogP contribution in [-0.4, -0.2) is 36.5 Å². The summed E-state index contributed by atoms with van der Waals surface area (Å²) in [6, 6.07) is 0. The molecule has 4 nitrogen and oxygen atoms in total. The molecule has 5 aliphatic rings. The van der Waals surface area contributed by atoms with Crippen molar-refractivity contribution >= 4 is 5.97 Å². The van der Waals surface area contributed by atoms with Gasteiger partial charge in [0.05, 0.1) is 24.2 Å². The van der Waals surface area contributed by atoms with Crippen molar-refractivity contribution in [2.75, 3.05) is 6.61 Å². The van der Waals surface area contributed by atoms with Crippen molar-refractivity contribution in [3.8, 4) is 0 Å². The molecule has 0 amide bonds. The molecule has 9 atom stereocenters. The third-order valence-electron chi connectivity index (χ3n) is 9.27. The Hall–Kier alpha value is -0.610. The highest BCUT2D eigenvalue weighted by Gasteiger charge is 2.77. The molecule has 0 spiro atoms. The van der Waals surface area contributed by atoms with Crippen molar-refractivity contribution in [1.82, 2.24) is 0 Å². The molecule has 158 valence electrons. The van der Waals surface area contributed by atoms with Crippen LogP contribution in [0.2, 0.25) is 0 Å². The predicted octanol–water partition coefficient (Wildman–Crippen LogP) is 4.60. The molecule has 0 aromatic heterocycles. The number of ether oxygens (including phenoxy) is 3. The van der Waals surface area contributed by atoms with Crippen molar-refractivity contribution in [2.45, 2.75) is 97.6 Å². The van der Waals surface area contributed by atoms with Crippen molar-refractivity contribution in [2.24, 2.45) is 40.4 Å². The van der Waals surface area contributed by atoms with Gasteiger partial charge in [0.1, 0.15) is 11.7 Å². The lowest BCUT2D eigenvalue weighted by Crippen LogP contribution is -2.55. The lowest BCUT2D eigenvalue weighted by atomic mass is 9.50. The highest BCUT2D eigenvalue weighted by atomic mass is 16.7. The molecule has 2 aliphatic heterocycles. The smallest absolute Gasteiger partial charge is 0.312 e. The zero-order chi connectivity index (χ0) is 20.1. The van der Waals surface area contributed by atoms with E-state index in [2.05, 4.69) is 41.5 Å². The van der Waals surface area contributed by atoms with E-state index in [0.29, 0.717) is 42.3 Å². The Morgan fingerprint density at radius 3 is 2.57 bits per heavy atom. The topological polar surface area (TPSA) is 51.4 Å². The molecule has 28 heavy (non-hydrogen) atoms. The molecule has 3 aliphatic carbocycles. The van der Waals surface area contributed by atoms with Gasteiger partial charge >= 0.3 is 5.97 Å². The Morgan fingerprint density at radius 2 is 1.89 bits per heavy atom. The van der Waals surface area contributed by atoms with E-state index >= 15 is 0 Å². The van der Waals surface area contributed by atoms with Crippen LogP contribution in [0.15, 0.2) is 0 Å². The summed E-state index contributed by atoms with van der Waals surface area (Å²) in [4.78, 5) is 13.7. The molecule has 2 saturated heterocycles. The Kier molecular flexibility index (Phi) is 4.13. The number of epoxide rings is 2. The van der Waals surface area contributed by atoms with Gasteiger partial charge in [-0.3, -0.25) is 4.79 Å². The summed E-state index contributed by atoms with van der Waals surface area (Å²) >= 11 is 0. The van der Waals surface area contributed by atoms with Gasteiger partial charge in [-0.15, -0.1) is 0 Å². The van der Waals surface area contributed by atoms with E-state index < -0.39 is 0 Å². The fourth-order valence-corrected chi connectivity index (χ4v) is 7.79. The van der Waals surface area contributed by atoms with E-state index in [1.165, 1.54) is 0 Å². The average Bonchev–Trinajstić information content (AvgIpc) is 3.48. The van der Waals surface area contributed by atoms with Crippen LogP contribution in [0.5, 0.6) is 0 Å². The number of rotatable bonds is 4. The zero-order valence-corrected chi connectivity index (χ0v) is 18.5. The van der Waals surface area contributed by atoms with Crippen molar-refractivity contribution in [3.05, 3.63) is 0 Å². The van der Waals surface area contributed by atoms with Gasteiger partial charge in [-0.2, -0.15) is 0 Å². The van der Waals surface area contributed by atoms with Gasteiger partial charge in [0.25, 0.3) is 0 Å². The number of esters is 1. The first-order valence-electron chi connectivity index (χ1n) is 11.6. The van der Waals surface area contributed by atoms with Gasteiger partial charge in [-0.05, 0) is 74.0 Å². The maximum Gasteiger partial charge on any atom is 0.312 e. The van der Waals surface area contributed by atoms with E-state index in [1.54, 1.807) is 0 Å². The van der Waals surface area contributed by atoms with Crippen molar-refractivity contribution in [3.63, 3.8) is 0 Å². The molecule has 2 heterocycles. The van der Waals surface area contributed by atoms with Crippen molar-refractivity contribution in [1.29, 1.82) is 0 Å². The zero-order valence-electron chi connectivity index (χ0n) is 18.5. The largest absolute Gasteiger partial charge is 0.465 e. The first kappa shape index (κ1) is 19.4. The van der Waals surface area contributed by atoms with Gasteiger partial charge < -0.3 is 14.2 Å². The molecule has 0 bridgehead atoms. The van der Waals surface area contributed by atoms with Crippen molar-refractivity contribution < 1.29 is 19.0 Å². The minimum absolute atomic E-state index is 0.0676. The van der Waals surface area contributed by atoms with Crippen LogP contribution in [0.25, 0.3) is 0 Å². The normalized spacial score (nSPS) is 53.7. The van der Waals surface area contributed by atoms with E-state index in [0.717, 1.165) is 32.1 Å². The van der Waals surface area contributed by atoms with E-state index in [-0.39, 0.29) is 34.6 Å². The van der Waals surface area contributed by atoms with E-state index in [9.17, 15) is 4.79 Å². The Balaban J connectivity index is 1.51. The summed E-state index contributed by atoms with van der Waals surface area (Å²) in [6.45, 7) is 14.1. The minimum Gasteiger partial charge on any atom is -0.465 e. The number of carbonyl (C=O) groups excluding carboxylic acids is 1. The van der Waals surface area contributed by atoms with Gasteiger partial charge in [0, 0.05) is 0 Å². The summed E-state index contributed by atoms with van der Waals surface area (Å²) in [7, 11) is 0. The van der Waals surface area contributed by atoms with Crippen LogP contribution >= 0.6 is 0 Å². The third kappa shape index (κ3) is 2.46. The van der Waals surface area contributed by atoms with Crippen LogP contribution < -0.4 is 0 Å². The molecule has 5 fully saturated rings. The van der Waals surface area contributed by atoms with Crippen LogP contribution in [-0.2, 0) is 19.0 Å². The first-order valence-corrected chi connectivity index (χ1v) is 11.6.